The third-order valence-electron chi connectivity index (χ3n) is 4.14. The molecule has 1 aromatic carbocycles. The van der Waals surface area contributed by atoms with Crippen LogP contribution in [0.4, 0.5) is 10.5 Å². The Kier molecular flexibility index (Phi) is 3.93. The maximum absolute atomic E-state index is 12.8. The van der Waals surface area contributed by atoms with Gasteiger partial charge in [0.05, 0.1) is 25.0 Å². The predicted molar refractivity (Wildman–Crippen MR) is 92.9 cm³/mol. The molecule has 2 aliphatic rings. The number of hydrogen-bond acceptors (Lipinski definition) is 4. The molecule has 0 atom stereocenters. The summed E-state index contributed by atoms with van der Waals surface area (Å²) in [5.74, 6) is 1.01. The number of hydrogen-bond donors (Lipinski definition) is 1. The topological polar surface area (TPSA) is 78.2 Å². The fourth-order valence-electron chi connectivity index (χ4n) is 2.98. The standard InChI is InChI=1S/C17H15ClN4O3/c18-11-3-4-13-14(8-11)22(17(24)21-6-5-19-16(13)21)10-15(23)20-9-12-2-1-7-25-12/h1-4,7-8H,5-6,9-10H2,(H,20,23). The van der Waals surface area contributed by atoms with Crippen LogP contribution in [0.2, 0.25) is 5.02 Å². The number of aliphatic imine (C=N–C) groups is 1. The van der Waals surface area contributed by atoms with Crippen molar-refractivity contribution in [2.45, 2.75) is 6.54 Å². The fraction of sp³-hybridized carbons (Fsp3) is 0.235. The highest BCUT2D eigenvalue weighted by Crippen LogP contribution is 2.32. The monoisotopic (exact) mass is 358 g/mol. The van der Waals surface area contributed by atoms with Crippen molar-refractivity contribution >= 4 is 35.1 Å². The average molecular weight is 359 g/mol. The first-order valence-electron chi connectivity index (χ1n) is 7.86. The highest BCUT2D eigenvalue weighted by Gasteiger charge is 2.38. The van der Waals surface area contributed by atoms with E-state index >= 15 is 0 Å². The Morgan fingerprint density at radius 1 is 1.36 bits per heavy atom. The summed E-state index contributed by atoms with van der Waals surface area (Å²) in [6, 6.07) is 8.53. The van der Waals surface area contributed by atoms with E-state index in [-0.39, 0.29) is 25.0 Å². The lowest BCUT2D eigenvalue weighted by atomic mass is 10.1. The number of anilines is 1. The number of fused-ring (bicyclic) bond motifs is 3. The molecule has 3 amide bonds. The van der Waals surface area contributed by atoms with Gasteiger partial charge in [0, 0.05) is 17.1 Å². The summed E-state index contributed by atoms with van der Waals surface area (Å²) in [6.45, 7) is 1.24. The van der Waals surface area contributed by atoms with Gasteiger partial charge in [-0.05, 0) is 30.3 Å². The number of halogens is 1. The van der Waals surface area contributed by atoms with E-state index in [2.05, 4.69) is 10.3 Å². The van der Waals surface area contributed by atoms with Crippen molar-refractivity contribution < 1.29 is 14.0 Å². The first-order valence-corrected chi connectivity index (χ1v) is 8.24. The Morgan fingerprint density at radius 2 is 2.24 bits per heavy atom. The van der Waals surface area contributed by atoms with Crippen molar-refractivity contribution in [3.8, 4) is 0 Å². The van der Waals surface area contributed by atoms with Gasteiger partial charge >= 0.3 is 6.03 Å². The second kappa shape index (κ2) is 6.25. The summed E-state index contributed by atoms with van der Waals surface area (Å²) < 4.78 is 5.19. The zero-order valence-corrected chi connectivity index (χ0v) is 14.0. The van der Waals surface area contributed by atoms with Crippen LogP contribution in [0.5, 0.6) is 0 Å². The molecule has 7 nitrogen and oxygen atoms in total. The second-order valence-corrected chi connectivity index (χ2v) is 6.18. The van der Waals surface area contributed by atoms with E-state index in [4.69, 9.17) is 16.0 Å². The molecule has 1 aromatic heterocycles. The maximum Gasteiger partial charge on any atom is 0.330 e. The van der Waals surface area contributed by atoms with Crippen molar-refractivity contribution in [3.63, 3.8) is 0 Å². The molecular weight excluding hydrogens is 344 g/mol. The van der Waals surface area contributed by atoms with Crippen LogP contribution in [0.25, 0.3) is 0 Å². The number of carbonyl (C=O) groups is 2. The Morgan fingerprint density at radius 3 is 3.04 bits per heavy atom. The van der Waals surface area contributed by atoms with Gasteiger partial charge < -0.3 is 9.73 Å². The van der Waals surface area contributed by atoms with E-state index in [0.29, 0.717) is 35.4 Å². The summed E-state index contributed by atoms with van der Waals surface area (Å²) in [4.78, 5) is 32.5. The zero-order chi connectivity index (χ0) is 17.4. The van der Waals surface area contributed by atoms with Crippen LogP contribution in [-0.4, -0.2) is 42.3 Å². The van der Waals surface area contributed by atoms with Crippen LogP contribution in [0, 0.1) is 0 Å². The van der Waals surface area contributed by atoms with E-state index in [1.807, 2.05) is 6.07 Å². The van der Waals surface area contributed by atoms with Gasteiger partial charge in [0.1, 0.15) is 18.1 Å². The molecule has 4 rings (SSSR count). The summed E-state index contributed by atoms with van der Waals surface area (Å²) in [6.07, 6.45) is 1.54. The third-order valence-corrected chi connectivity index (χ3v) is 4.37. The normalized spacial score (nSPS) is 15.7. The van der Waals surface area contributed by atoms with Crippen molar-refractivity contribution in [3.05, 3.63) is 52.9 Å². The lowest BCUT2D eigenvalue weighted by Crippen LogP contribution is -2.52. The van der Waals surface area contributed by atoms with Gasteiger partial charge in [-0.3, -0.25) is 19.6 Å². The minimum atomic E-state index is -0.282. The van der Waals surface area contributed by atoms with Gasteiger partial charge in [-0.1, -0.05) is 11.6 Å². The van der Waals surface area contributed by atoms with Crippen molar-refractivity contribution in [2.24, 2.45) is 4.99 Å². The van der Waals surface area contributed by atoms with Gasteiger partial charge in [0.25, 0.3) is 0 Å². The van der Waals surface area contributed by atoms with Gasteiger partial charge in [-0.2, -0.15) is 0 Å². The first kappa shape index (κ1) is 15.7. The van der Waals surface area contributed by atoms with Crippen LogP contribution < -0.4 is 10.2 Å². The number of nitrogens with zero attached hydrogens (tertiary/aromatic N) is 3. The number of urea groups is 1. The van der Waals surface area contributed by atoms with Crippen molar-refractivity contribution in [2.75, 3.05) is 24.5 Å². The largest absolute Gasteiger partial charge is 0.467 e. The van der Waals surface area contributed by atoms with Crippen LogP contribution >= 0.6 is 11.6 Å². The Bertz CT molecular complexity index is 863. The Labute approximate surface area is 148 Å². The molecule has 3 heterocycles. The molecule has 0 saturated carbocycles. The molecule has 0 radical (unpaired) electrons. The summed E-state index contributed by atoms with van der Waals surface area (Å²) in [5.41, 5.74) is 1.41. The van der Waals surface area contributed by atoms with Crippen LogP contribution in [0.3, 0.4) is 0 Å². The molecule has 0 fully saturated rings. The summed E-state index contributed by atoms with van der Waals surface area (Å²) in [5, 5.41) is 3.25. The second-order valence-electron chi connectivity index (χ2n) is 5.74. The van der Waals surface area contributed by atoms with E-state index < -0.39 is 0 Å². The van der Waals surface area contributed by atoms with Gasteiger partial charge in [0.15, 0.2) is 0 Å². The summed E-state index contributed by atoms with van der Waals surface area (Å²) in [7, 11) is 0. The molecule has 2 aromatic rings. The fourth-order valence-corrected chi connectivity index (χ4v) is 3.15. The number of rotatable bonds is 4. The Hall–Kier alpha value is -2.80. The first-order chi connectivity index (χ1) is 12.1. The number of furan rings is 1. The van der Waals surface area contributed by atoms with Crippen LogP contribution in [0.1, 0.15) is 11.3 Å². The van der Waals surface area contributed by atoms with Gasteiger partial charge in [-0.15, -0.1) is 0 Å². The molecule has 0 saturated heterocycles. The third kappa shape index (κ3) is 2.87. The molecule has 0 spiro atoms. The maximum atomic E-state index is 12.8. The van der Waals surface area contributed by atoms with E-state index in [9.17, 15) is 9.59 Å². The number of nitrogens with one attached hydrogen (secondary N) is 1. The van der Waals surface area contributed by atoms with E-state index in [1.54, 1.807) is 35.4 Å². The lowest BCUT2D eigenvalue weighted by molar-refractivity contribution is -0.119. The number of benzene rings is 1. The van der Waals surface area contributed by atoms with Crippen molar-refractivity contribution in [1.29, 1.82) is 0 Å². The minimum Gasteiger partial charge on any atom is -0.467 e. The smallest absolute Gasteiger partial charge is 0.330 e. The highest BCUT2D eigenvalue weighted by molar-refractivity contribution is 6.31. The molecule has 8 heteroatoms. The molecule has 1 N–H and O–H groups in total. The molecular formula is C17H15ClN4O3. The quantitative estimate of drug-likeness (QED) is 0.910. The van der Waals surface area contributed by atoms with E-state index in [0.717, 1.165) is 5.56 Å². The molecule has 25 heavy (non-hydrogen) atoms. The number of amides is 3. The van der Waals surface area contributed by atoms with Crippen LogP contribution in [0.15, 0.2) is 46.0 Å². The van der Waals surface area contributed by atoms with Gasteiger partial charge in [-0.25, -0.2) is 4.79 Å². The van der Waals surface area contributed by atoms with Crippen molar-refractivity contribution in [1.82, 2.24) is 10.2 Å². The zero-order valence-electron chi connectivity index (χ0n) is 13.2. The molecule has 0 aliphatic carbocycles. The number of carbonyl (C=O) groups excluding carboxylic acids is 2. The average Bonchev–Trinajstić information content (AvgIpc) is 3.28. The van der Waals surface area contributed by atoms with Crippen LogP contribution in [-0.2, 0) is 11.3 Å². The highest BCUT2D eigenvalue weighted by atomic mass is 35.5. The SMILES string of the molecule is O=C(CN1C(=O)N2CCN=C2c2ccc(Cl)cc21)NCc1ccco1. The molecule has 2 aliphatic heterocycles. The molecule has 0 unspecified atom stereocenters. The summed E-state index contributed by atoms with van der Waals surface area (Å²) >= 11 is 6.09. The van der Waals surface area contributed by atoms with E-state index in [1.165, 1.54) is 4.90 Å². The lowest BCUT2D eigenvalue weighted by Gasteiger charge is -2.35. The van der Waals surface area contributed by atoms with Gasteiger partial charge in [0.2, 0.25) is 5.91 Å². The molecule has 128 valence electrons. The Balaban J connectivity index is 1.57. The predicted octanol–water partition coefficient (Wildman–Crippen LogP) is 2.25. The minimum absolute atomic E-state index is 0.101. The molecule has 0 bridgehead atoms. The number of amidine groups is 1.